The van der Waals surface area contributed by atoms with E-state index in [1.54, 1.807) is 0 Å². The number of fused-ring (bicyclic) bond motifs is 2. The average molecular weight is 417 g/mol. The van der Waals surface area contributed by atoms with Crippen LogP contribution in [0, 0.1) is 0 Å². The lowest BCUT2D eigenvalue weighted by molar-refractivity contribution is -0.118. The van der Waals surface area contributed by atoms with Gasteiger partial charge in [-0.15, -0.1) is 0 Å². The first-order valence-corrected chi connectivity index (χ1v) is 8.88. The Balaban J connectivity index is 1.62. The molecule has 1 aromatic carbocycles. The number of piperidine rings is 1. The zero-order valence-corrected chi connectivity index (χ0v) is 14.9. The maximum atomic E-state index is 12.3. The third-order valence-corrected chi connectivity index (χ3v) is 5.60. The smallest absolute Gasteiger partial charge is 0.238 e. The van der Waals surface area contributed by atoms with Crippen molar-refractivity contribution in [1.29, 1.82) is 0 Å². The number of amides is 1. The summed E-state index contributed by atoms with van der Waals surface area (Å²) < 4.78 is 1.87. The summed E-state index contributed by atoms with van der Waals surface area (Å²) in [7, 11) is 0. The van der Waals surface area contributed by atoms with Crippen molar-refractivity contribution in [2.24, 2.45) is 5.73 Å². The lowest BCUT2D eigenvalue weighted by Crippen LogP contribution is -2.49. The Morgan fingerprint density at radius 2 is 1.95 bits per heavy atom. The van der Waals surface area contributed by atoms with Crippen molar-refractivity contribution >= 4 is 43.5 Å². The minimum Gasteiger partial charge on any atom is -0.328 e. The number of nitrogens with two attached hydrogens (primary N) is 1. The highest BCUT2D eigenvalue weighted by molar-refractivity contribution is 9.11. The number of nitrogens with one attached hydrogen (secondary N) is 1. The van der Waals surface area contributed by atoms with E-state index in [1.165, 1.54) is 12.8 Å². The molecule has 2 fully saturated rings. The van der Waals surface area contributed by atoms with E-state index in [9.17, 15) is 4.79 Å². The van der Waals surface area contributed by atoms with Gasteiger partial charge < -0.3 is 11.1 Å². The van der Waals surface area contributed by atoms with Crippen LogP contribution in [0.1, 0.15) is 25.7 Å². The summed E-state index contributed by atoms with van der Waals surface area (Å²) in [4.78, 5) is 14.6. The van der Waals surface area contributed by atoms with Crippen LogP contribution < -0.4 is 11.1 Å². The van der Waals surface area contributed by atoms with Crippen LogP contribution in [0.25, 0.3) is 0 Å². The van der Waals surface area contributed by atoms with Gasteiger partial charge in [0.05, 0.1) is 12.2 Å². The van der Waals surface area contributed by atoms with Crippen LogP contribution in [0.4, 0.5) is 5.69 Å². The zero-order chi connectivity index (χ0) is 15.0. The van der Waals surface area contributed by atoms with Gasteiger partial charge in [0.2, 0.25) is 5.91 Å². The molecule has 114 valence electrons. The van der Waals surface area contributed by atoms with Crippen LogP contribution in [0.3, 0.4) is 0 Å². The number of carbonyl (C=O) groups excluding carboxylic acids is 1. The normalized spacial score (nSPS) is 28.6. The predicted octanol–water partition coefficient (Wildman–Crippen LogP) is 3.10. The maximum absolute atomic E-state index is 12.3. The van der Waals surface area contributed by atoms with Crippen LogP contribution >= 0.6 is 31.9 Å². The lowest BCUT2D eigenvalue weighted by atomic mass is 9.98. The summed E-state index contributed by atoms with van der Waals surface area (Å²) in [5.41, 5.74) is 6.88. The molecule has 0 saturated carbocycles. The van der Waals surface area contributed by atoms with Crippen molar-refractivity contribution in [2.45, 2.75) is 43.8 Å². The molecule has 2 heterocycles. The zero-order valence-electron chi connectivity index (χ0n) is 11.7. The van der Waals surface area contributed by atoms with Crippen molar-refractivity contribution in [3.8, 4) is 0 Å². The molecule has 2 unspecified atom stereocenters. The van der Waals surface area contributed by atoms with E-state index in [0.29, 0.717) is 24.7 Å². The van der Waals surface area contributed by atoms with E-state index in [-0.39, 0.29) is 5.91 Å². The van der Waals surface area contributed by atoms with Crippen LogP contribution in [-0.4, -0.2) is 35.5 Å². The number of hydrogen-bond donors (Lipinski definition) is 2. The highest BCUT2D eigenvalue weighted by Gasteiger charge is 2.40. The second-order valence-corrected chi connectivity index (χ2v) is 7.73. The Bertz CT molecular complexity index is 538. The van der Waals surface area contributed by atoms with Crippen molar-refractivity contribution in [2.75, 3.05) is 11.9 Å². The number of benzene rings is 1. The Labute approximate surface area is 141 Å². The minimum absolute atomic E-state index is 0.0467. The maximum Gasteiger partial charge on any atom is 0.238 e. The topological polar surface area (TPSA) is 58.4 Å². The highest BCUT2D eigenvalue weighted by Crippen LogP contribution is 2.35. The Hall–Kier alpha value is -0.430. The highest BCUT2D eigenvalue weighted by atomic mass is 79.9. The summed E-state index contributed by atoms with van der Waals surface area (Å²) in [6, 6.07) is 7.02. The quantitative estimate of drug-likeness (QED) is 0.795. The molecule has 0 aromatic heterocycles. The summed E-state index contributed by atoms with van der Waals surface area (Å²) >= 11 is 6.88. The number of rotatable bonds is 3. The van der Waals surface area contributed by atoms with E-state index in [0.717, 1.165) is 27.5 Å². The van der Waals surface area contributed by atoms with Crippen molar-refractivity contribution in [3.63, 3.8) is 0 Å². The van der Waals surface area contributed by atoms with Gasteiger partial charge in [0.15, 0.2) is 0 Å². The summed E-state index contributed by atoms with van der Waals surface area (Å²) in [5, 5.41) is 2.99. The van der Waals surface area contributed by atoms with E-state index in [2.05, 4.69) is 42.1 Å². The number of carbonyl (C=O) groups is 1. The molecule has 1 aromatic rings. The third-order valence-electron chi connectivity index (χ3n) is 4.45. The Kier molecular flexibility index (Phi) is 4.69. The fraction of sp³-hybridized carbons (Fsp3) is 0.533. The van der Waals surface area contributed by atoms with Crippen LogP contribution in [-0.2, 0) is 4.79 Å². The van der Waals surface area contributed by atoms with E-state index < -0.39 is 0 Å². The molecule has 21 heavy (non-hydrogen) atoms. The molecular formula is C15H19Br2N3O. The molecule has 3 N–H and O–H groups in total. The van der Waals surface area contributed by atoms with E-state index >= 15 is 0 Å². The molecule has 2 saturated heterocycles. The summed E-state index contributed by atoms with van der Waals surface area (Å²) in [6.07, 6.45) is 4.39. The summed E-state index contributed by atoms with van der Waals surface area (Å²) in [5.74, 6) is 0.0467. The van der Waals surface area contributed by atoms with Gasteiger partial charge in [-0.3, -0.25) is 9.69 Å². The van der Waals surface area contributed by atoms with Crippen molar-refractivity contribution < 1.29 is 4.79 Å². The molecule has 2 aliphatic heterocycles. The molecule has 0 spiro atoms. The molecular weight excluding hydrogens is 398 g/mol. The molecule has 3 rings (SSSR count). The largest absolute Gasteiger partial charge is 0.328 e. The third kappa shape index (κ3) is 3.50. The molecule has 2 atom stereocenters. The van der Waals surface area contributed by atoms with Gasteiger partial charge in [0, 0.05) is 27.1 Å². The SMILES string of the molecule is NC1CC2CCC(C1)N2CC(=O)Nc1ccc(Br)cc1Br. The number of anilines is 1. The average Bonchev–Trinajstić information content (AvgIpc) is 2.66. The van der Waals surface area contributed by atoms with Gasteiger partial charge in [0.1, 0.15) is 0 Å². The van der Waals surface area contributed by atoms with Gasteiger partial charge in [-0.2, -0.15) is 0 Å². The number of nitrogens with zero attached hydrogens (tertiary/aromatic N) is 1. The fourth-order valence-corrected chi connectivity index (χ4v) is 4.67. The molecule has 0 radical (unpaired) electrons. The first-order valence-electron chi connectivity index (χ1n) is 7.29. The minimum atomic E-state index is 0.0467. The van der Waals surface area contributed by atoms with Crippen LogP contribution in [0.2, 0.25) is 0 Å². The molecule has 1 amide bonds. The van der Waals surface area contributed by atoms with Gasteiger partial charge in [0.25, 0.3) is 0 Å². The molecule has 4 nitrogen and oxygen atoms in total. The van der Waals surface area contributed by atoms with E-state index in [4.69, 9.17) is 5.73 Å². The van der Waals surface area contributed by atoms with Gasteiger partial charge >= 0.3 is 0 Å². The van der Waals surface area contributed by atoms with Crippen LogP contribution in [0.15, 0.2) is 27.1 Å². The summed E-state index contributed by atoms with van der Waals surface area (Å²) in [6.45, 7) is 0.463. The molecule has 2 bridgehead atoms. The number of hydrogen-bond acceptors (Lipinski definition) is 3. The van der Waals surface area contributed by atoms with Gasteiger partial charge in [-0.25, -0.2) is 0 Å². The molecule has 6 heteroatoms. The van der Waals surface area contributed by atoms with Crippen molar-refractivity contribution in [3.05, 3.63) is 27.1 Å². The lowest BCUT2D eigenvalue weighted by Gasteiger charge is -2.37. The van der Waals surface area contributed by atoms with Crippen LogP contribution in [0.5, 0.6) is 0 Å². The second kappa shape index (κ2) is 6.36. The van der Waals surface area contributed by atoms with E-state index in [1.807, 2.05) is 18.2 Å². The molecule has 0 aliphatic carbocycles. The Morgan fingerprint density at radius 1 is 1.29 bits per heavy atom. The van der Waals surface area contributed by atoms with Crippen molar-refractivity contribution in [1.82, 2.24) is 4.90 Å². The van der Waals surface area contributed by atoms with Gasteiger partial charge in [-0.05, 0) is 59.8 Å². The first kappa shape index (κ1) is 15.5. The standard InChI is InChI=1S/C15H19Br2N3O/c16-9-1-4-14(13(17)5-9)19-15(21)8-20-11-2-3-12(20)7-10(18)6-11/h1,4-5,10-12H,2-3,6-8,18H2,(H,19,21). The fourth-order valence-electron chi connectivity index (χ4n) is 3.52. The monoisotopic (exact) mass is 415 g/mol. The molecule has 2 aliphatic rings. The Morgan fingerprint density at radius 3 is 2.57 bits per heavy atom. The second-order valence-electron chi connectivity index (χ2n) is 5.96. The van der Waals surface area contributed by atoms with Gasteiger partial charge in [-0.1, -0.05) is 15.9 Å². The number of halogens is 2. The first-order chi connectivity index (χ1) is 10.0. The predicted molar refractivity (Wildman–Crippen MR) is 91.2 cm³/mol.